The Morgan fingerprint density at radius 1 is 1.44 bits per heavy atom. The number of hydrogen-bond donors (Lipinski definition) is 1. The standard InChI is InChI=1S/C21H23NO3/c1-22(2)11-5-8-18-17-7-4-3-6-16(17)14-25-20-10-9-15(12-19(18)20)13-21(23)24/h3-4,6-10,12H,5,11,13-14H2,1-2H3,(H,23,24)/b18-8+/i1D3,2D3,3D,4D,6D,7D,11D2,14D2. The Labute approximate surface area is 168 Å². The van der Waals surface area contributed by atoms with Gasteiger partial charge >= 0.3 is 5.97 Å². The van der Waals surface area contributed by atoms with E-state index in [0.29, 0.717) is 0 Å². The first-order valence-corrected chi connectivity index (χ1v) is 7.25. The van der Waals surface area contributed by atoms with E-state index >= 15 is 0 Å². The number of aliphatic carboxylic acids is 1. The van der Waals surface area contributed by atoms with Gasteiger partial charge in [-0.2, -0.15) is 0 Å². The number of nitrogens with zero attached hydrogens (tertiary/aromatic N) is 1. The van der Waals surface area contributed by atoms with Crippen molar-refractivity contribution in [2.45, 2.75) is 19.4 Å². The van der Waals surface area contributed by atoms with Gasteiger partial charge in [0.15, 0.2) is 0 Å². The van der Waals surface area contributed by atoms with E-state index in [-0.39, 0.29) is 27.3 Å². The van der Waals surface area contributed by atoms with Crippen LogP contribution in [0.1, 0.15) is 47.9 Å². The smallest absolute Gasteiger partial charge is 0.307 e. The Bertz CT molecular complexity index is 1330. The summed E-state index contributed by atoms with van der Waals surface area (Å²) in [5.74, 6) is -1.42. The van der Waals surface area contributed by atoms with Crippen molar-refractivity contribution >= 4 is 11.5 Å². The fourth-order valence-corrected chi connectivity index (χ4v) is 2.44. The summed E-state index contributed by atoms with van der Waals surface area (Å²) in [5.41, 5.74) is -1.15. The maximum Gasteiger partial charge on any atom is 0.307 e. The summed E-state index contributed by atoms with van der Waals surface area (Å²) in [7, 11) is 0. The van der Waals surface area contributed by atoms with Gasteiger partial charge in [0.05, 0.1) is 14.6 Å². The van der Waals surface area contributed by atoms with Gasteiger partial charge in [0, 0.05) is 23.0 Å². The van der Waals surface area contributed by atoms with Crippen LogP contribution in [0, 0.1) is 0 Å². The van der Waals surface area contributed by atoms with Crippen molar-refractivity contribution in [1.82, 2.24) is 4.90 Å². The lowest BCUT2D eigenvalue weighted by Crippen LogP contribution is -2.12. The molecular formula is C21H23NO3. The van der Waals surface area contributed by atoms with Crippen LogP contribution in [0.15, 0.2) is 48.4 Å². The maximum atomic E-state index is 11.3. The van der Waals surface area contributed by atoms with Gasteiger partial charge in [0.25, 0.3) is 0 Å². The first-order valence-electron chi connectivity index (χ1n) is 14.3. The van der Waals surface area contributed by atoms with Gasteiger partial charge in [-0.15, -0.1) is 0 Å². The van der Waals surface area contributed by atoms with Crippen molar-refractivity contribution in [2.75, 3.05) is 20.4 Å². The van der Waals surface area contributed by atoms with Crippen LogP contribution in [0.2, 0.25) is 0 Å². The van der Waals surface area contributed by atoms with Crippen LogP contribution in [0.25, 0.3) is 5.57 Å². The molecule has 4 nitrogen and oxygen atoms in total. The Kier molecular flexibility index (Phi) is 2.10. The molecule has 0 bridgehead atoms. The fraction of sp³-hybridized carbons (Fsp3) is 0.286. The summed E-state index contributed by atoms with van der Waals surface area (Å²) >= 11 is 0. The molecule has 0 atom stereocenters. The average molecular weight is 352 g/mol. The molecule has 130 valence electrons. The van der Waals surface area contributed by atoms with Gasteiger partial charge < -0.3 is 14.7 Å². The van der Waals surface area contributed by atoms with E-state index in [2.05, 4.69) is 0 Å². The van der Waals surface area contributed by atoms with Gasteiger partial charge in [-0.1, -0.05) is 36.3 Å². The second-order valence-corrected chi connectivity index (χ2v) is 5.17. The van der Waals surface area contributed by atoms with Crippen LogP contribution in [0.4, 0.5) is 0 Å². The fourth-order valence-electron chi connectivity index (χ4n) is 2.44. The van der Waals surface area contributed by atoms with E-state index in [1.807, 2.05) is 0 Å². The second kappa shape index (κ2) is 7.53. The molecule has 0 saturated carbocycles. The van der Waals surface area contributed by atoms with Crippen molar-refractivity contribution < 1.29 is 33.8 Å². The van der Waals surface area contributed by atoms with Crippen molar-refractivity contribution in [1.29, 1.82) is 0 Å². The summed E-state index contributed by atoms with van der Waals surface area (Å²) in [4.78, 5) is 11.0. The molecule has 1 N–H and O–H groups in total. The number of carbonyl (C=O) groups is 1. The average Bonchev–Trinajstić information content (AvgIpc) is 2.83. The number of fused-ring (bicyclic) bond motifs is 2. The van der Waals surface area contributed by atoms with Gasteiger partial charge in [-0.05, 0) is 54.8 Å². The van der Waals surface area contributed by atoms with E-state index in [0.717, 1.165) is 6.08 Å². The zero-order valence-corrected chi connectivity index (χ0v) is 12.9. The van der Waals surface area contributed by atoms with Crippen molar-refractivity contribution in [2.24, 2.45) is 0 Å². The molecule has 0 fully saturated rings. The predicted molar refractivity (Wildman–Crippen MR) is 98.8 cm³/mol. The molecule has 3 rings (SSSR count). The topological polar surface area (TPSA) is 49.8 Å². The van der Waals surface area contributed by atoms with E-state index in [1.54, 1.807) is 0 Å². The Balaban J connectivity index is 2.40. The van der Waals surface area contributed by atoms with Gasteiger partial charge in [0.1, 0.15) is 12.3 Å². The quantitative estimate of drug-likeness (QED) is 0.894. The lowest BCUT2D eigenvalue weighted by molar-refractivity contribution is -0.136. The van der Waals surface area contributed by atoms with Crippen molar-refractivity contribution in [3.8, 4) is 5.75 Å². The number of carboxylic acids is 1. The molecule has 2 aromatic rings. The van der Waals surface area contributed by atoms with Crippen LogP contribution >= 0.6 is 0 Å². The summed E-state index contributed by atoms with van der Waals surface area (Å²) in [6, 6.07) is 0.807. The molecule has 25 heavy (non-hydrogen) atoms. The molecule has 4 heteroatoms. The number of benzene rings is 2. The first-order chi connectivity index (χ1) is 17.6. The Hall–Kier alpha value is -2.59. The lowest BCUT2D eigenvalue weighted by Gasteiger charge is -2.13. The summed E-state index contributed by atoms with van der Waals surface area (Å²) in [6.45, 7) is -12.7. The highest BCUT2D eigenvalue weighted by molar-refractivity contribution is 5.85. The highest BCUT2D eigenvalue weighted by atomic mass is 16.5. The van der Waals surface area contributed by atoms with Gasteiger partial charge in [0.2, 0.25) is 0 Å². The zero-order valence-electron chi connectivity index (χ0n) is 26.9. The van der Waals surface area contributed by atoms with E-state index in [4.69, 9.17) is 23.9 Å². The van der Waals surface area contributed by atoms with Crippen LogP contribution in [0.3, 0.4) is 0 Å². The molecule has 0 radical (unpaired) electrons. The Morgan fingerprint density at radius 2 is 2.28 bits per heavy atom. The van der Waals surface area contributed by atoms with Crippen molar-refractivity contribution in [3.63, 3.8) is 0 Å². The SMILES string of the molecule is [2H]c1c([2H])c([2H])c2c(c1[2H])/C(=C\CC([2H])([2H])N(C([2H])([2H])[2H])C([2H])([2H])[2H])c1cc(CC(=O)O)ccc1OC2([2H])[2H]. The highest BCUT2D eigenvalue weighted by Gasteiger charge is 2.19. The predicted octanol–water partition coefficient (Wildman–Crippen LogP) is 3.59. The molecule has 0 unspecified atom stereocenters. The molecule has 0 saturated heterocycles. The molecular weight excluding hydrogens is 314 g/mol. The number of hydrogen-bond acceptors (Lipinski definition) is 3. The molecule has 1 heterocycles. The second-order valence-electron chi connectivity index (χ2n) is 5.17. The largest absolute Gasteiger partial charge is 0.488 e. The van der Waals surface area contributed by atoms with Crippen molar-refractivity contribution in [3.05, 3.63) is 70.7 Å². The summed E-state index contributed by atoms with van der Waals surface area (Å²) in [5, 5.41) is 9.24. The minimum atomic E-state index is -3.40. The van der Waals surface area contributed by atoms with E-state index in [1.165, 1.54) is 18.2 Å². The van der Waals surface area contributed by atoms with Gasteiger partial charge in [-0.25, -0.2) is 0 Å². The number of carboxylic acid groups (broad SMARTS) is 1. The zero-order chi connectivity index (χ0) is 29.9. The normalized spacial score (nSPS) is 26.4. The number of ether oxygens (including phenoxy) is 1. The summed E-state index contributed by atoms with van der Waals surface area (Å²) < 4.78 is 117. The lowest BCUT2D eigenvalue weighted by atomic mass is 9.92. The molecule has 1 aliphatic heterocycles. The maximum absolute atomic E-state index is 11.3. The summed E-state index contributed by atoms with van der Waals surface area (Å²) in [6.07, 6.45) is -0.426. The molecule has 0 aliphatic carbocycles. The Morgan fingerprint density at radius 3 is 3.08 bits per heavy atom. The molecule has 0 aromatic heterocycles. The minimum absolute atomic E-state index is 0.0634. The monoisotopic (exact) mass is 351 g/mol. The number of rotatable bonds is 5. The molecule has 0 amide bonds. The van der Waals surface area contributed by atoms with Crippen LogP contribution in [0.5, 0.6) is 5.75 Å². The molecule has 1 aliphatic rings. The van der Waals surface area contributed by atoms with E-state index < -0.39 is 81.1 Å². The molecule has 0 spiro atoms. The van der Waals surface area contributed by atoms with Gasteiger partial charge in [-0.3, -0.25) is 4.79 Å². The minimum Gasteiger partial charge on any atom is -0.488 e. The first kappa shape index (κ1) is 6.96. The third-order valence-corrected chi connectivity index (χ3v) is 3.46. The molecule has 2 aromatic carbocycles. The third-order valence-electron chi connectivity index (χ3n) is 3.46. The van der Waals surface area contributed by atoms with Crippen LogP contribution in [-0.4, -0.2) is 36.4 Å². The highest BCUT2D eigenvalue weighted by Crippen LogP contribution is 2.37. The van der Waals surface area contributed by atoms with Crippen LogP contribution < -0.4 is 4.74 Å². The van der Waals surface area contributed by atoms with Crippen LogP contribution in [-0.2, 0) is 17.8 Å². The third kappa shape index (κ3) is 4.09. The van der Waals surface area contributed by atoms with E-state index in [9.17, 15) is 9.90 Å².